The first-order valence-electron chi connectivity index (χ1n) is 3.82. The Morgan fingerprint density at radius 2 is 2.36 bits per heavy atom. The third-order valence-corrected chi connectivity index (χ3v) is 2.48. The number of nitrogen functional groups attached to an aromatic ring is 1. The van der Waals surface area contributed by atoms with E-state index >= 15 is 0 Å². The summed E-state index contributed by atoms with van der Waals surface area (Å²) in [5.41, 5.74) is 6.32. The quantitative estimate of drug-likeness (QED) is 0.592. The Morgan fingerprint density at radius 1 is 1.43 bits per heavy atom. The number of nitrogens with two attached hydrogens (primary N) is 1. The minimum absolute atomic E-state index is 0.468. The van der Waals surface area contributed by atoms with Crippen molar-refractivity contribution in [3.63, 3.8) is 0 Å². The lowest BCUT2D eigenvalue weighted by molar-refractivity contribution is 0.956. The molecule has 0 fully saturated rings. The Hall–Kier alpha value is -1.96. The molecule has 3 rings (SSSR count). The second kappa shape index (κ2) is 2.51. The maximum atomic E-state index is 5.55. The normalized spacial score (nSPS) is 11.1. The Kier molecular flexibility index (Phi) is 1.34. The van der Waals surface area contributed by atoms with Gasteiger partial charge < -0.3 is 5.73 Å². The first-order chi connectivity index (χ1) is 6.84. The highest BCUT2D eigenvalue weighted by Crippen LogP contribution is 2.20. The van der Waals surface area contributed by atoms with Gasteiger partial charge in [0.2, 0.25) is 15.9 Å². The molecule has 0 bridgehead atoms. The van der Waals surface area contributed by atoms with Crippen molar-refractivity contribution in [2.75, 3.05) is 5.73 Å². The van der Waals surface area contributed by atoms with Gasteiger partial charge in [-0.15, -0.1) is 15.3 Å². The van der Waals surface area contributed by atoms with E-state index in [1.54, 1.807) is 16.8 Å². The van der Waals surface area contributed by atoms with Gasteiger partial charge in [-0.2, -0.15) is 9.61 Å². The molecule has 8 heteroatoms. The summed E-state index contributed by atoms with van der Waals surface area (Å²) in [5, 5.41) is 19.1. The van der Waals surface area contributed by atoms with Crippen molar-refractivity contribution in [1.29, 1.82) is 0 Å². The third kappa shape index (κ3) is 0.909. The molecular weight excluding hydrogens is 202 g/mol. The van der Waals surface area contributed by atoms with Crippen LogP contribution < -0.4 is 5.73 Å². The fourth-order valence-corrected chi connectivity index (χ4v) is 1.79. The van der Waals surface area contributed by atoms with Gasteiger partial charge in [-0.1, -0.05) is 11.3 Å². The molecule has 7 nitrogen and oxygen atoms in total. The van der Waals surface area contributed by atoms with Crippen LogP contribution in [0.5, 0.6) is 0 Å². The van der Waals surface area contributed by atoms with Crippen molar-refractivity contribution in [2.45, 2.75) is 0 Å². The molecule has 0 saturated heterocycles. The zero-order valence-electron chi connectivity index (χ0n) is 6.88. The van der Waals surface area contributed by atoms with Gasteiger partial charge in [-0.3, -0.25) is 5.10 Å². The average Bonchev–Trinajstić information content (AvgIpc) is 2.77. The van der Waals surface area contributed by atoms with Crippen LogP contribution in [0, 0.1) is 0 Å². The molecule has 70 valence electrons. The van der Waals surface area contributed by atoms with Gasteiger partial charge in [0.15, 0.2) is 0 Å². The lowest BCUT2D eigenvalue weighted by Crippen LogP contribution is -1.92. The van der Waals surface area contributed by atoms with Crippen molar-refractivity contribution in [3.05, 3.63) is 12.3 Å². The average molecular weight is 207 g/mol. The van der Waals surface area contributed by atoms with Crippen LogP contribution in [0.25, 0.3) is 16.5 Å². The second-order valence-corrected chi connectivity index (χ2v) is 3.62. The Bertz CT molecular complexity index is 562. The molecule has 0 spiro atoms. The molecule has 0 saturated carbocycles. The van der Waals surface area contributed by atoms with Crippen molar-refractivity contribution < 1.29 is 0 Å². The van der Waals surface area contributed by atoms with E-state index < -0.39 is 0 Å². The van der Waals surface area contributed by atoms with Crippen LogP contribution in [0.2, 0.25) is 0 Å². The zero-order chi connectivity index (χ0) is 9.54. The summed E-state index contributed by atoms with van der Waals surface area (Å²) < 4.78 is 1.59. The largest absolute Gasteiger partial charge is 0.374 e. The summed E-state index contributed by atoms with van der Waals surface area (Å²) >= 11 is 1.29. The molecule has 0 aliphatic carbocycles. The Morgan fingerprint density at radius 3 is 3.14 bits per heavy atom. The SMILES string of the molecule is Nc1nn2c(-c3ccn[nH]3)nnc2s1. The number of nitrogens with zero attached hydrogens (tertiary/aromatic N) is 5. The Labute approximate surface area is 81.6 Å². The summed E-state index contributed by atoms with van der Waals surface area (Å²) in [7, 11) is 0. The molecule has 0 aliphatic heterocycles. The van der Waals surface area contributed by atoms with E-state index in [0.29, 0.717) is 15.9 Å². The van der Waals surface area contributed by atoms with E-state index in [4.69, 9.17) is 5.73 Å². The van der Waals surface area contributed by atoms with Crippen LogP contribution in [0.3, 0.4) is 0 Å². The molecule has 14 heavy (non-hydrogen) atoms. The first kappa shape index (κ1) is 7.44. The monoisotopic (exact) mass is 207 g/mol. The summed E-state index contributed by atoms with van der Waals surface area (Å²) in [6, 6.07) is 1.80. The molecule has 0 aliphatic rings. The predicted molar refractivity (Wildman–Crippen MR) is 50.7 cm³/mol. The van der Waals surface area contributed by atoms with Crippen LogP contribution >= 0.6 is 11.3 Å². The highest BCUT2D eigenvalue weighted by atomic mass is 32.1. The number of rotatable bonds is 1. The number of fused-ring (bicyclic) bond motifs is 1. The molecule has 0 unspecified atom stereocenters. The van der Waals surface area contributed by atoms with Gasteiger partial charge in [0, 0.05) is 6.20 Å². The fourth-order valence-electron chi connectivity index (χ4n) is 1.18. The molecule has 3 aromatic heterocycles. The Balaban J connectivity index is 2.31. The number of H-pyrrole nitrogens is 1. The third-order valence-electron chi connectivity index (χ3n) is 1.75. The number of aromatic amines is 1. The van der Waals surface area contributed by atoms with Crippen molar-refractivity contribution in [3.8, 4) is 11.5 Å². The standard InChI is InChI=1S/C6H5N7S/c7-5-12-13-4(3-1-2-8-9-3)10-11-6(13)14-5/h1-2H,(H2,7,12)(H,8,9). The topological polar surface area (TPSA) is 97.8 Å². The van der Waals surface area contributed by atoms with Gasteiger partial charge in [-0.05, 0) is 6.07 Å². The van der Waals surface area contributed by atoms with E-state index in [-0.39, 0.29) is 0 Å². The number of hydrogen-bond donors (Lipinski definition) is 2. The van der Waals surface area contributed by atoms with E-state index in [0.717, 1.165) is 5.69 Å². The highest BCUT2D eigenvalue weighted by Gasteiger charge is 2.12. The predicted octanol–water partition coefficient (Wildman–Crippen LogP) is 0.158. The highest BCUT2D eigenvalue weighted by molar-refractivity contribution is 7.20. The number of nitrogens with one attached hydrogen (secondary N) is 1. The molecule has 0 atom stereocenters. The summed E-state index contributed by atoms with van der Waals surface area (Å²) in [6.45, 7) is 0. The number of anilines is 1. The zero-order valence-corrected chi connectivity index (χ0v) is 7.69. The van der Waals surface area contributed by atoms with E-state index in [1.807, 2.05) is 0 Å². The molecule has 0 amide bonds. The maximum absolute atomic E-state index is 5.55. The molecule has 0 aromatic carbocycles. The molecule has 0 radical (unpaired) electrons. The summed E-state index contributed by atoms with van der Waals surface area (Å²) in [5.74, 6) is 0.616. The molecule has 3 heterocycles. The fraction of sp³-hybridized carbons (Fsp3) is 0. The van der Waals surface area contributed by atoms with Crippen molar-refractivity contribution >= 4 is 21.4 Å². The molecular formula is C6H5N7S. The summed E-state index contributed by atoms with van der Waals surface area (Å²) in [6.07, 6.45) is 1.64. The minimum Gasteiger partial charge on any atom is -0.374 e. The van der Waals surface area contributed by atoms with Crippen LogP contribution in [0.1, 0.15) is 0 Å². The van der Waals surface area contributed by atoms with Crippen molar-refractivity contribution in [1.82, 2.24) is 30.0 Å². The lowest BCUT2D eigenvalue weighted by atomic mass is 10.4. The molecule has 3 N–H and O–H groups in total. The number of hydrogen-bond acceptors (Lipinski definition) is 6. The van der Waals surface area contributed by atoms with Gasteiger partial charge in [0.1, 0.15) is 5.69 Å². The van der Waals surface area contributed by atoms with E-state index in [1.165, 1.54) is 11.3 Å². The van der Waals surface area contributed by atoms with Crippen LogP contribution in [0.15, 0.2) is 12.3 Å². The smallest absolute Gasteiger partial charge is 0.236 e. The van der Waals surface area contributed by atoms with Crippen LogP contribution in [-0.4, -0.2) is 30.0 Å². The van der Waals surface area contributed by atoms with Gasteiger partial charge in [-0.25, -0.2) is 0 Å². The number of aromatic nitrogens is 6. The first-order valence-corrected chi connectivity index (χ1v) is 4.64. The second-order valence-electron chi connectivity index (χ2n) is 2.63. The van der Waals surface area contributed by atoms with Crippen molar-refractivity contribution in [2.24, 2.45) is 0 Å². The maximum Gasteiger partial charge on any atom is 0.236 e. The van der Waals surface area contributed by atoms with E-state index in [9.17, 15) is 0 Å². The van der Waals surface area contributed by atoms with Crippen LogP contribution in [-0.2, 0) is 0 Å². The molecule has 3 aromatic rings. The minimum atomic E-state index is 0.468. The van der Waals surface area contributed by atoms with Gasteiger partial charge >= 0.3 is 0 Å². The lowest BCUT2D eigenvalue weighted by Gasteiger charge is -1.88. The van der Waals surface area contributed by atoms with Crippen LogP contribution in [0.4, 0.5) is 5.13 Å². The van der Waals surface area contributed by atoms with Gasteiger partial charge in [0.05, 0.1) is 0 Å². The summed E-state index contributed by atoms with van der Waals surface area (Å²) in [4.78, 5) is 0.673. The van der Waals surface area contributed by atoms with Gasteiger partial charge in [0.25, 0.3) is 0 Å². The van der Waals surface area contributed by atoms with E-state index in [2.05, 4.69) is 25.5 Å².